The number of aromatic nitrogens is 3. The molecule has 6 heteroatoms. The minimum absolute atomic E-state index is 0.0801. The molecule has 2 unspecified atom stereocenters. The van der Waals surface area contributed by atoms with Gasteiger partial charge in [-0.1, -0.05) is 24.3 Å². The topological polar surface area (TPSA) is 77.0 Å². The van der Waals surface area contributed by atoms with Gasteiger partial charge in [0.2, 0.25) is 0 Å². The molecular weight excluding hydrogens is 266 g/mol. The lowest BCUT2D eigenvalue weighted by Crippen LogP contribution is -2.45. The van der Waals surface area contributed by atoms with Gasteiger partial charge in [0.1, 0.15) is 5.52 Å². The first kappa shape index (κ1) is 14.2. The second-order valence-electron chi connectivity index (χ2n) is 5.89. The third kappa shape index (κ3) is 2.82. The summed E-state index contributed by atoms with van der Waals surface area (Å²) in [4.78, 5) is 14.7. The summed E-state index contributed by atoms with van der Waals surface area (Å²) in [6.45, 7) is 5.31. The molecule has 0 aliphatic carbocycles. The molecule has 0 bridgehead atoms. The van der Waals surface area contributed by atoms with Crippen LogP contribution in [0.15, 0.2) is 29.1 Å². The fourth-order valence-corrected chi connectivity index (χ4v) is 2.97. The zero-order chi connectivity index (χ0) is 14.8. The number of nitrogens with zero attached hydrogens (tertiary/aromatic N) is 4. The van der Waals surface area contributed by atoms with Gasteiger partial charge < -0.3 is 5.73 Å². The van der Waals surface area contributed by atoms with Crippen molar-refractivity contribution in [3.8, 4) is 0 Å². The largest absolute Gasteiger partial charge is 0.330 e. The van der Waals surface area contributed by atoms with Crippen LogP contribution in [0.5, 0.6) is 0 Å². The molecule has 1 aromatic carbocycles. The van der Waals surface area contributed by atoms with Crippen molar-refractivity contribution in [3.63, 3.8) is 0 Å². The SMILES string of the molecule is CC1CCN(Cn2nnc3ccccc3c2=O)CC1CN. The molecular formula is C15H21N5O. The van der Waals surface area contributed by atoms with Gasteiger partial charge in [-0.15, -0.1) is 5.10 Å². The molecule has 2 heterocycles. The summed E-state index contributed by atoms with van der Waals surface area (Å²) in [7, 11) is 0. The molecule has 21 heavy (non-hydrogen) atoms. The number of hydrogen-bond donors (Lipinski definition) is 1. The number of nitrogens with two attached hydrogens (primary N) is 1. The van der Waals surface area contributed by atoms with Gasteiger partial charge in [0.15, 0.2) is 0 Å². The van der Waals surface area contributed by atoms with Crippen molar-refractivity contribution in [3.05, 3.63) is 34.6 Å². The lowest BCUT2D eigenvalue weighted by atomic mass is 9.87. The molecule has 6 nitrogen and oxygen atoms in total. The Kier molecular flexibility index (Phi) is 3.98. The van der Waals surface area contributed by atoms with E-state index in [0.29, 0.717) is 36.0 Å². The molecule has 0 amide bonds. The molecule has 2 atom stereocenters. The molecule has 1 aliphatic heterocycles. The van der Waals surface area contributed by atoms with Crippen LogP contribution in [-0.2, 0) is 6.67 Å². The van der Waals surface area contributed by atoms with Gasteiger partial charge in [-0.25, -0.2) is 0 Å². The summed E-state index contributed by atoms with van der Waals surface area (Å²) in [5.74, 6) is 1.13. The standard InChI is InChI=1S/C15H21N5O/c1-11-6-7-19(9-12(11)8-16)10-20-15(21)13-4-2-3-5-14(13)17-18-20/h2-5,11-12H,6-10,16H2,1H3. The Bertz CT molecular complexity index is 683. The van der Waals surface area contributed by atoms with Crippen LogP contribution in [0.1, 0.15) is 13.3 Å². The third-order valence-electron chi connectivity index (χ3n) is 4.46. The highest BCUT2D eigenvalue weighted by molar-refractivity contribution is 5.76. The van der Waals surface area contributed by atoms with Crippen molar-refractivity contribution in [1.82, 2.24) is 19.9 Å². The molecule has 0 spiro atoms. The zero-order valence-electron chi connectivity index (χ0n) is 12.3. The van der Waals surface area contributed by atoms with E-state index < -0.39 is 0 Å². The number of benzene rings is 1. The lowest BCUT2D eigenvalue weighted by Gasteiger charge is -2.36. The summed E-state index contributed by atoms with van der Waals surface area (Å²) < 4.78 is 1.45. The van der Waals surface area contributed by atoms with Crippen molar-refractivity contribution in [2.24, 2.45) is 17.6 Å². The summed E-state index contributed by atoms with van der Waals surface area (Å²) in [5, 5.41) is 8.79. The number of piperidine rings is 1. The second-order valence-corrected chi connectivity index (χ2v) is 5.89. The second kappa shape index (κ2) is 5.91. The van der Waals surface area contributed by atoms with Crippen LogP contribution in [0.2, 0.25) is 0 Å². The summed E-state index contributed by atoms with van der Waals surface area (Å²) >= 11 is 0. The van der Waals surface area contributed by atoms with E-state index in [9.17, 15) is 4.79 Å². The summed E-state index contributed by atoms with van der Waals surface area (Å²) in [5.41, 5.74) is 6.39. The van der Waals surface area contributed by atoms with Crippen LogP contribution in [0, 0.1) is 11.8 Å². The average molecular weight is 287 g/mol. The monoisotopic (exact) mass is 287 g/mol. The summed E-state index contributed by atoms with van der Waals surface area (Å²) in [6, 6.07) is 7.31. The summed E-state index contributed by atoms with van der Waals surface area (Å²) in [6.07, 6.45) is 1.11. The van der Waals surface area contributed by atoms with E-state index in [1.54, 1.807) is 12.1 Å². The van der Waals surface area contributed by atoms with Gasteiger partial charge in [0.25, 0.3) is 5.56 Å². The van der Waals surface area contributed by atoms with Gasteiger partial charge in [0.05, 0.1) is 12.1 Å². The van der Waals surface area contributed by atoms with Gasteiger partial charge in [-0.05, 0) is 36.9 Å². The molecule has 0 radical (unpaired) electrons. The Hall–Kier alpha value is -1.79. The number of rotatable bonds is 3. The van der Waals surface area contributed by atoms with Gasteiger partial charge in [-0.3, -0.25) is 9.69 Å². The van der Waals surface area contributed by atoms with Crippen molar-refractivity contribution in [1.29, 1.82) is 0 Å². The van der Waals surface area contributed by atoms with Gasteiger partial charge >= 0.3 is 0 Å². The van der Waals surface area contributed by atoms with Crippen molar-refractivity contribution in [2.45, 2.75) is 20.0 Å². The van der Waals surface area contributed by atoms with E-state index >= 15 is 0 Å². The Morgan fingerprint density at radius 1 is 1.38 bits per heavy atom. The minimum atomic E-state index is -0.0801. The minimum Gasteiger partial charge on any atom is -0.330 e. The molecule has 112 valence electrons. The number of fused-ring (bicyclic) bond motifs is 1. The first-order valence-corrected chi connectivity index (χ1v) is 7.44. The number of likely N-dealkylation sites (tertiary alicyclic amines) is 1. The van der Waals surface area contributed by atoms with E-state index in [1.807, 2.05) is 12.1 Å². The maximum absolute atomic E-state index is 12.4. The smallest absolute Gasteiger partial charge is 0.278 e. The van der Waals surface area contributed by atoms with Crippen LogP contribution in [0.3, 0.4) is 0 Å². The molecule has 2 N–H and O–H groups in total. The third-order valence-corrected chi connectivity index (χ3v) is 4.46. The van der Waals surface area contributed by atoms with Crippen LogP contribution >= 0.6 is 0 Å². The van der Waals surface area contributed by atoms with Crippen LogP contribution in [-0.4, -0.2) is 39.5 Å². The maximum Gasteiger partial charge on any atom is 0.278 e. The van der Waals surface area contributed by atoms with E-state index in [4.69, 9.17) is 5.73 Å². The molecule has 3 rings (SSSR count). The molecule has 1 aliphatic rings. The predicted molar refractivity (Wildman–Crippen MR) is 81.7 cm³/mol. The zero-order valence-corrected chi connectivity index (χ0v) is 12.3. The van der Waals surface area contributed by atoms with Crippen LogP contribution < -0.4 is 11.3 Å². The first-order valence-electron chi connectivity index (χ1n) is 7.44. The average Bonchev–Trinajstić information content (AvgIpc) is 2.52. The quantitative estimate of drug-likeness (QED) is 0.897. The van der Waals surface area contributed by atoms with Gasteiger partial charge in [-0.2, -0.15) is 4.68 Å². The number of hydrogen-bond acceptors (Lipinski definition) is 5. The lowest BCUT2D eigenvalue weighted by molar-refractivity contribution is 0.0958. The molecule has 2 aromatic rings. The van der Waals surface area contributed by atoms with Gasteiger partial charge in [0, 0.05) is 13.1 Å². The van der Waals surface area contributed by atoms with E-state index in [0.717, 1.165) is 19.5 Å². The van der Waals surface area contributed by atoms with Crippen molar-refractivity contribution in [2.75, 3.05) is 19.6 Å². The Labute approximate surface area is 123 Å². The first-order chi connectivity index (χ1) is 10.2. The normalized spacial score (nSPS) is 23.5. The molecule has 1 aromatic heterocycles. The molecule has 1 fully saturated rings. The predicted octanol–water partition coefficient (Wildman–Crippen LogP) is 0.666. The van der Waals surface area contributed by atoms with E-state index in [1.165, 1.54) is 4.68 Å². The van der Waals surface area contributed by atoms with E-state index in [2.05, 4.69) is 22.1 Å². The Morgan fingerprint density at radius 3 is 3.00 bits per heavy atom. The highest BCUT2D eigenvalue weighted by atomic mass is 16.1. The highest BCUT2D eigenvalue weighted by Crippen LogP contribution is 2.22. The fraction of sp³-hybridized carbons (Fsp3) is 0.533. The van der Waals surface area contributed by atoms with Crippen molar-refractivity contribution >= 4 is 10.9 Å². The Morgan fingerprint density at radius 2 is 2.19 bits per heavy atom. The Balaban J connectivity index is 1.82. The molecule has 1 saturated heterocycles. The fourth-order valence-electron chi connectivity index (χ4n) is 2.97. The van der Waals surface area contributed by atoms with Crippen molar-refractivity contribution < 1.29 is 0 Å². The highest BCUT2D eigenvalue weighted by Gasteiger charge is 2.25. The van der Waals surface area contributed by atoms with E-state index in [-0.39, 0.29) is 5.56 Å². The maximum atomic E-state index is 12.4. The van der Waals surface area contributed by atoms with Crippen LogP contribution in [0.25, 0.3) is 10.9 Å². The molecule has 0 saturated carbocycles. The van der Waals surface area contributed by atoms with Crippen LogP contribution in [0.4, 0.5) is 0 Å².